The topological polar surface area (TPSA) is 17.8 Å². The number of rotatable bonds is 3. The standard InChI is InChI=1S/C17H17ClN2/c1-12-4-3-5-14(8-12)11-20-16-9-13(2)6-7-15(16)19-17(20)10-18/h3-9H,10-11H2,1-2H3. The number of halogens is 1. The fourth-order valence-corrected chi connectivity index (χ4v) is 2.76. The van der Waals surface area contributed by atoms with Gasteiger partial charge in [-0.15, -0.1) is 11.6 Å². The zero-order chi connectivity index (χ0) is 14.1. The number of fused-ring (bicyclic) bond motifs is 1. The van der Waals surface area contributed by atoms with Gasteiger partial charge in [0.25, 0.3) is 0 Å². The van der Waals surface area contributed by atoms with E-state index in [0.29, 0.717) is 5.88 Å². The van der Waals surface area contributed by atoms with Crippen molar-refractivity contribution in [2.24, 2.45) is 0 Å². The Kier molecular flexibility index (Phi) is 3.49. The number of benzene rings is 2. The molecule has 0 radical (unpaired) electrons. The Hall–Kier alpha value is -1.80. The van der Waals surface area contributed by atoms with Crippen LogP contribution in [0.3, 0.4) is 0 Å². The molecular formula is C17H17ClN2. The summed E-state index contributed by atoms with van der Waals surface area (Å²) in [7, 11) is 0. The van der Waals surface area contributed by atoms with Crippen molar-refractivity contribution in [3.05, 3.63) is 65.0 Å². The van der Waals surface area contributed by atoms with Gasteiger partial charge in [0.05, 0.1) is 16.9 Å². The van der Waals surface area contributed by atoms with Gasteiger partial charge >= 0.3 is 0 Å². The Balaban J connectivity index is 2.11. The van der Waals surface area contributed by atoms with Crippen LogP contribution in [0.1, 0.15) is 22.5 Å². The van der Waals surface area contributed by atoms with Crippen LogP contribution < -0.4 is 0 Å². The first-order valence-electron chi connectivity index (χ1n) is 6.74. The van der Waals surface area contributed by atoms with Crippen LogP contribution >= 0.6 is 11.6 Å². The molecule has 0 aliphatic rings. The number of aromatic nitrogens is 2. The first kappa shape index (κ1) is 13.2. The third-order valence-corrected chi connectivity index (χ3v) is 3.76. The fourth-order valence-electron chi connectivity index (χ4n) is 2.55. The van der Waals surface area contributed by atoms with E-state index in [1.54, 1.807) is 0 Å². The highest BCUT2D eigenvalue weighted by atomic mass is 35.5. The summed E-state index contributed by atoms with van der Waals surface area (Å²) in [6, 6.07) is 14.9. The van der Waals surface area contributed by atoms with Crippen LogP contribution in [0.15, 0.2) is 42.5 Å². The minimum atomic E-state index is 0.430. The van der Waals surface area contributed by atoms with Crippen molar-refractivity contribution in [3.63, 3.8) is 0 Å². The lowest BCUT2D eigenvalue weighted by Gasteiger charge is -2.09. The maximum absolute atomic E-state index is 6.06. The zero-order valence-electron chi connectivity index (χ0n) is 11.7. The lowest BCUT2D eigenvalue weighted by molar-refractivity contribution is 0.778. The molecule has 0 atom stereocenters. The smallest absolute Gasteiger partial charge is 0.125 e. The quantitative estimate of drug-likeness (QED) is 0.650. The van der Waals surface area contributed by atoms with Gasteiger partial charge < -0.3 is 4.57 Å². The maximum Gasteiger partial charge on any atom is 0.125 e. The Labute approximate surface area is 124 Å². The van der Waals surface area contributed by atoms with E-state index in [2.05, 4.69) is 65.9 Å². The van der Waals surface area contributed by atoms with Gasteiger partial charge in [-0.1, -0.05) is 35.9 Å². The second-order valence-electron chi connectivity index (χ2n) is 5.23. The molecule has 2 aromatic carbocycles. The van der Waals surface area contributed by atoms with Gasteiger partial charge in [0.2, 0.25) is 0 Å². The van der Waals surface area contributed by atoms with Crippen molar-refractivity contribution < 1.29 is 0 Å². The van der Waals surface area contributed by atoms with Crippen molar-refractivity contribution in [2.75, 3.05) is 0 Å². The van der Waals surface area contributed by atoms with Gasteiger partial charge in [-0.05, 0) is 37.1 Å². The van der Waals surface area contributed by atoms with Crippen LogP contribution in [0, 0.1) is 13.8 Å². The minimum Gasteiger partial charge on any atom is -0.322 e. The summed E-state index contributed by atoms with van der Waals surface area (Å²) < 4.78 is 2.21. The molecule has 0 spiro atoms. The second-order valence-corrected chi connectivity index (χ2v) is 5.50. The first-order chi connectivity index (χ1) is 9.67. The first-order valence-corrected chi connectivity index (χ1v) is 7.28. The van der Waals surface area contributed by atoms with E-state index in [0.717, 1.165) is 23.4 Å². The molecule has 0 aliphatic heterocycles. The molecular weight excluding hydrogens is 268 g/mol. The molecule has 2 nitrogen and oxygen atoms in total. The predicted octanol–water partition coefficient (Wildman–Crippen LogP) is 4.44. The maximum atomic E-state index is 6.06. The van der Waals surface area contributed by atoms with E-state index >= 15 is 0 Å². The van der Waals surface area contributed by atoms with Crippen molar-refractivity contribution in [3.8, 4) is 0 Å². The molecule has 0 N–H and O–H groups in total. The van der Waals surface area contributed by atoms with Crippen molar-refractivity contribution in [1.82, 2.24) is 9.55 Å². The van der Waals surface area contributed by atoms with E-state index in [1.807, 2.05) is 0 Å². The number of hydrogen-bond acceptors (Lipinski definition) is 1. The highest BCUT2D eigenvalue weighted by Gasteiger charge is 2.10. The van der Waals surface area contributed by atoms with Crippen LogP contribution in [0.25, 0.3) is 11.0 Å². The monoisotopic (exact) mass is 284 g/mol. The molecule has 1 aromatic heterocycles. The van der Waals surface area contributed by atoms with Crippen LogP contribution in [-0.4, -0.2) is 9.55 Å². The second kappa shape index (κ2) is 5.29. The number of aryl methyl sites for hydroxylation is 2. The third kappa shape index (κ3) is 2.44. The Morgan fingerprint density at radius 2 is 1.85 bits per heavy atom. The summed E-state index contributed by atoms with van der Waals surface area (Å²) in [5, 5.41) is 0. The molecule has 1 heterocycles. The average molecular weight is 285 g/mol. The predicted molar refractivity (Wildman–Crippen MR) is 84.3 cm³/mol. The summed E-state index contributed by atoms with van der Waals surface area (Å²) in [6.07, 6.45) is 0. The molecule has 0 unspecified atom stereocenters. The Morgan fingerprint density at radius 3 is 2.60 bits per heavy atom. The van der Waals surface area contributed by atoms with Gasteiger partial charge in [0.15, 0.2) is 0 Å². The van der Waals surface area contributed by atoms with Gasteiger partial charge in [-0.2, -0.15) is 0 Å². The number of nitrogens with zero attached hydrogens (tertiary/aromatic N) is 2. The number of hydrogen-bond donors (Lipinski definition) is 0. The number of alkyl halides is 1. The van der Waals surface area contributed by atoms with E-state index < -0.39 is 0 Å². The van der Waals surface area contributed by atoms with Gasteiger partial charge in [-0.25, -0.2) is 4.98 Å². The molecule has 0 amide bonds. The molecule has 20 heavy (non-hydrogen) atoms. The molecule has 3 rings (SSSR count). The molecule has 3 heteroatoms. The number of imidazole rings is 1. The Bertz CT molecular complexity index is 759. The average Bonchev–Trinajstić information content (AvgIpc) is 2.76. The highest BCUT2D eigenvalue weighted by molar-refractivity contribution is 6.16. The minimum absolute atomic E-state index is 0.430. The summed E-state index contributed by atoms with van der Waals surface area (Å²) in [5.74, 6) is 1.35. The summed E-state index contributed by atoms with van der Waals surface area (Å²) in [5.41, 5.74) is 5.96. The molecule has 0 fully saturated rings. The van der Waals surface area contributed by atoms with Gasteiger partial charge in [-0.3, -0.25) is 0 Å². The van der Waals surface area contributed by atoms with Gasteiger partial charge in [0.1, 0.15) is 5.82 Å². The molecule has 102 valence electrons. The highest BCUT2D eigenvalue weighted by Crippen LogP contribution is 2.21. The summed E-state index contributed by atoms with van der Waals surface area (Å²) in [6.45, 7) is 5.02. The van der Waals surface area contributed by atoms with E-state index in [-0.39, 0.29) is 0 Å². The normalized spacial score (nSPS) is 11.2. The Morgan fingerprint density at radius 1 is 1.05 bits per heavy atom. The molecule has 0 bridgehead atoms. The van der Waals surface area contributed by atoms with Crippen molar-refractivity contribution >= 4 is 22.6 Å². The van der Waals surface area contributed by atoms with Crippen LogP contribution in [0.4, 0.5) is 0 Å². The third-order valence-electron chi connectivity index (χ3n) is 3.53. The summed E-state index contributed by atoms with van der Waals surface area (Å²) in [4.78, 5) is 4.62. The fraction of sp³-hybridized carbons (Fsp3) is 0.235. The molecule has 3 aromatic rings. The molecule has 0 aliphatic carbocycles. The van der Waals surface area contributed by atoms with Crippen LogP contribution in [0.5, 0.6) is 0 Å². The zero-order valence-corrected chi connectivity index (χ0v) is 12.5. The van der Waals surface area contributed by atoms with Crippen LogP contribution in [0.2, 0.25) is 0 Å². The summed E-state index contributed by atoms with van der Waals surface area (Å²) >= 11 is 6.06. The van der Waals surface area contributed by atoms with E-state index in [9.17, 15) is 0 Å². The largest absolute Gasteiger partial charge is 0.322 e. The van der Waals surface area contributed by atoms with Gasteiger partial charge in [0, 0.05) is 6.54 Å². The lowest BCUT2D eigenvalue weighted by atomic mass is 10.1. The lowest BCUT2D eigenvalue weighted by Crippen LogP contribution is -2.04. The van der Waals surface area contributed by atoms with E-state index in [4.69, 9.17) is 11.6 Å². The SMILES string of the molecule is Cc1cccc(Cn2c(CCl)nc3ccc(C)cc32)c1. The van der Waals surface area contributed by atoms with Crippen molar-refractivity contribution in [1.29, 1.82) is 0 Å². The van der Waals surface area contributed by atoms with Crippen molar-refractivity contribution in [2.45, 2.75) is 26.3 Å². The van der Waals surface area contributed by atoms with Crippen LogP contribution in [-0.2, 0) is 12.4 Å². The molecule has 0 saturated carbocycles. The molecule has 0 saturated heterocycles. The van der Waals surface area contributed by atoms with E-state index in [1.165, 1.54) is 16.7 Å².